The predicted octanol–water partition coefficient (Wildman–Crippen LogP) is 2.38. The van der Waals surface area contributed by atoms with E-state index in [9.17, 15) is 4.79 Å². The van der Waals surface area contributed by atoms with Gasteiger partial charge in [-0.1, -0.05) is 37.6 Å². The Morgan fingerprint density at radius 2 is 2.12 bits per heavy atom. The van der Waals surface area contributed by atoms with Gasteiger partial charge in [0.15, 0.2) is 0 Å². The van der Waals surface area contributed by atoms with Gasteiger partial charge in [0.25, 0.3) is 0 Å². The van der Waals surface area contributed by atoms with Gasteiger partial charge in [-0.25, -0.2) is 0 Å². The zero-order valence-electron chi connectivity index (χ0n) is 10.6. The predicted molar refractivity (Wildman–Crippen MR) is 69.2 cm³/mol. The number of carboxylic acid groups (broad SMARTS) is 1. The maximum atomic E-state index is 10.9. The maximum Gasteiger partial charge on any atom is 0.320 e. The molecule has 1 aromatic carbocycles. The Hall–Kier alpha value is -1.35. The lowest BCUT2D eigenvalue weighted by Gasteiger charge is -2.13. The molecule has 3 heteroatoms. The number of hydrogen-bond acceptors (Lipinski definition) is 2. The molecular weight excluding hydrogens is 214 g/mol. The summed E-state index contributed by atoms with van der Waals surface area (Å²) in [4.78, 5) is 10.9. The average Bonchev–Trinajstić information content (AvgIpc) is 2.30. The summed E-state index contributed by atoms with van der Waals surface area (Å²) in [5.41, 5.74) is 2.54. The molecule has 2 N–H and O–H groups in total. The third-order valence-electron chi connectivity index (χ3n) is 2.92. The van der Waals surface area contributed by atoms with Gasteiger partial charge < -0.3 is 10.4 Å². The van der Waals surface area contributed by atoms with Crippen LogP contribution in [0, 0.1) is 6.92 Å². The van der Waals surface area contributed by atoms with Crippen molar-refractivity contribution in [3.8, 4) is 0 Å². The number of carboxylic acids is 1. The Labute approximate surface area is 103 Å². The lowest BCUT2D eigenvalue weighted by Crippen LogP contribution is -2.37. The molecule has 0 aliphatic rings. The molecule has 3 nitrogen and oxygen atoms in total. The molecule has 1 unspecified atom stereocenters. The Balaban J connectivity index is 2.41. The summed E-state index contributed by atoms with van der Waals surface area (Å²) in [6.45, 7) is 4.79. The number of nitrogens with one attached hydrogen (secondary N) is 1. The standard InChI is InChI=1S/C14H21NO2/c1-3-6-13(14(16)17)15-10-9-12-8-5-4-7-11(12)2/h4-5,7-8,13,15H,3,6,9-10H2,1-2H3,(H,16,17). The molecule has 1 atom stereocenters. The van der Waals surface area contributed by atoms with Crippen LogP contribution in [0.5, 0.6) is 0 Å². The highest BCUT2D eigenvalue weighted by molar-refractivity contribution is 5.73. The molecule has 0 spiro atoms. The smallest absolute Gasteiger partial charge is 0.320 e. The van der Waals surface area contributed by atoms with Crippen LogP contribution in [0.15, 0.2) is 24.3 Å². The highest BCUT2D eigenvalue weighted by Crippen LogP contribution is 2.07. The van der Waals surface area contributed by atoms with E-state index >= 15 is 0 Å². The first-order valence-electron chi connectivity index (χ1n) is 6.15. The van der Waals surface area contributed by atoms with Crippen molar-refractivity contribution in [1.82, 2.24) is 5.32 Å². The van der Waals surface area contributed by atoms with Gasteiger partial charge in [0.2, 0.25) is 0 Å². The minimum atomic E-state index is -0.753. The highest BCUT2D eigenvalue weighted by atomic mass is 16.4. The van der Waals surface area contributed by atoms with E-state index in [1.54, 1.807) is 0 Å². The van der Waals surface area contributed by atoms with Crippen LogP contribution in [-0.4, -0.2) is 23.7 Å². The van der Waals surface area contributed by atoms with E-state index in [1.165, 1.54) is 11.1 Å². The Kier molecular flexibility index (Phi) is 5.70. The Bertz CT molecular complexity index is 363. The topological polar surface area (TPSA) is 49.3 Å². The van der Waals surface area contributed by atoms with Crippen LogP contribution in [0.1, 0.15) is 30.9 Å². The van der Waals surface area contributed by atoms with Crippen LogP contribution in [-0.2, 0) is 11.2 Å². The normalized spacial score (nSPS) is 12.4. The van der Waals surface area contributed by atoms with Gasteiger partial charge in [-0.15, -0.1) is 0 Å². The second-order valence-corrected chi connectivity index (χ2v) is 4.31. The summed E-state index contributed by atoms with van der Waals surface area (Å²) < 4.78 is 0. The Morgan fingerprint density at radius 3 is 2.71 bits per heavy atom. The van der Waals surface area contributed by atoms with Gasteiger partial charge in [-0.05, 0) is 37.4 Å². The molecule has 1 rings (SSSR count). The monoisotopic (exact) mass is 235 g/mol. The molecule has 0 bridgehead atoms. The summed E-state index contributed by atoms with van der Waals surface area (Å²) in [5.74, 6) is -0.753. The molecule has 0 aliphatic heterocycles. The average molecular weight is 235 g/mol. The first-order chi connectivity index (χ1) is 8.15. The van der Waals surface area contributed by atoms with Crippen LogP contribution in [0.2, 0.25) is 0 Å². The number of aryl methyl sites for hydroxylation is 1. The minimum absolute atomic E-state index is 0.413. The number of carbonyl (C=O) groups is 1. The molecule has 1 aromatic rings. The third-order valence-corrected chi connectivity index (χ3v) is 2.92. The molecule has 0 saturated heterocycles. The number of rotatable bonds is 7. The van der Waals surface area contributed by atoms with Crippen molar-refractivity contribution in [3.63, 3.8) is 0 Å². The third kappa shape index (κ3) is 4.57. The van der Waals surface area contributed by atoms with Crippen LogP contribution in [0.4, 0.5) is 0 Å². The quantitative estimate of drug-likeness (QED) is 0.763. The molecular formula is C14H21NO2. The molecule has 0 aromatic heterocycles. The summed E-state index contributed by atoms with van der Waals surface area (Å²) in [5, 5.41) is 12.1. The minimum Gasteiger partial charge on any atom is -0.480 e. The van der Waals surface area contributed by atoms with Crippen molar-refractivity contribution in [2.24, 2.45) is 0 Å². The van der Waals surface area contributed by atoms with E-state index in [1.807, 2.05) is 19.1 Å². The lowest BCUT2D eigenvalue weighted by atomic mass is 10.1. The van der Waals surface area contributed by atoms with E-state index in [-0.39, 0.29) is 0 Å². The molecule has 94 valence electrons. The van der Waals surface area contributed by atoms with Gasteiger partial charge in [0.1, 0.15) is 6.04 Å². The van der Waals surface area contributed by atoms with E-state index in [2.05, 4.69) is 24.4 Å². The van der Waals surface area contributed by atoms with E-state index < -0.39 is 12.0 Å². The van der Waals surface area contributed by atoms with Crippen LogP contribution in [0.3, 0.4) is 0 Å². The van der Waals surface area contributed by atoms with Crippen molar-refractivity contribution in [3.05, 3.63) is 35.4 Å². The highest BCUT2D eigenvalue weighted by Gasteiger charge is 2.14. The summed E-state index contributed by atoms with van der Waals surface area (Å²) in [6.07, 6.45) is 2.44. The zero-order valence-corrected chi connectivity index (χ0v) is 10.6. The Morgan fingerprint density at radius 1 is 1.41 bits per heavy atom. The van der Waals surface area contributed by atoms with Crippen LogP contribution in [0.25, 0.3) is 0 Å². The van der Waals surface area contributed by atoms with Crippen molar-refractivity contribution in [1.29, 1.82) is 0 Å². The van der Waals surface area contributed by atoms with Gasteiger partial charge >= 0.3 is 5.97 Å². The van der Waals surface area contributed by atoms with Gasteiger partial charge in [0, 0.05) is 0 Å². The fraction of sp³-hybridized carbons (Fsp3) is 0.500. The van der Waals surface area contributed by atoms with Gasteiger partial charge in [-0.2, -0.15) is 0 Å². The molecule has 0 radical (unpaired) electrons. The van der Waals surface area contributed by atoms with Gasteiger partial charge in [-0.3, -0.25) is 4.79 Å². The first-order valence-corrected chi connectivity index (χ1v) is 6.15. The summed E-state index contributed by atoms with van der Waals surface area (Å²) in [6, 6.07) is 7.79. The lowest BCUT2D eigenvalue weighted by molar-refractivity contribution is -0.139. The van der Waals surface area contributed by atoms with Crippen LogP contribution < -0.4 is 5.32 Å². The number of hydrogen-bond donors (Lipinski definition) is 2. The second-order valence-electron chi connectivity index (χ2n) is 4.31. The molecule has 0 saturated carbocycles. The van der Waals surface area contributed by atoms with Gasteiger partial charge in [0.05, 0.1) is 0 Å². The molecule has 0 fully saturated rings. The van der Waals surface area contributed by atoms with Crippen molar-refractivity contribution >= 4 is 5.97 Å². The van der Waals surface area contributed by atoms with Crippen LogP contribution >= 0.6 is 0 Å². The number of benzene rings is 1. The maximum absolute atomic E-state index is 10.9. The van der Waals surface area contributed by atoms with Crippen molar-refractivity contribution < 1.29 is 9.90 Å². The summed E-state index contributed by atoms with van der Waals surface area (Å²) >= 11 is 0. The second kappa shape index (κ2) is 7.07. The van der Waals surface area contributed by atoms with Crippen molar-refractivity contribution in [2.75, 3.05) is 6.54 Å². The first kappa shape index (κ1) is 13.7. The molecule has 0 heterocycles. The van der Waals surface area contributed by atoms with E-state index in [0.29, 0.717) is 13.0 Å². The SMILES string of the molecule is CCCC(NCCc1ccccc1C)C(=O)O. The van der Waals surface area contributed by atoms with Crippen molar-refractivity contribution in [2.45, 2.75) is 39.2 Å². The fourth-order valence-corrected chi connectivity index (χ4v) is 1.87. The fourth-order valence-electron chi connectivity index (χ4n) is 1.87. The molecule has 0 aliphatic carbocycles. The molecule has 0 amide bonds. The van der Waals surface area contributed by atoms with E-state index in [4.69, 9.17) is 5.11 Å². The number of aliphatic carboxylic acids is 1. The zero-order chi connectivity index (χ0) is 12.7. The largest absolute Gasteiger partial charge is 0.480 e. The van der Waals surface area contributed by atoms with E-state index in [0.717, 1.165) is 12.8 Å². The summed E-state index contributed by atoms with van der Waals surface area (Å²) in [7, 11) is 0. The molecule has 17 heavy (non-hydrogen) atoms.